The second kappa shape index (κ2) is 5.77. The third-order valence-corrected chi connectivity index (χ3v) is 4.33. The van der Waals surface area contributed by atoms with E-state index >= 15 is 0 Å². The summed E-state index contributed by atoms with van der Waals surface area (Å²) in [6.07, 6.45) is 0.745. The number of fused-ring (bicyclic) bond motifs is 3. The molecule has 0 radical (unpaired) electrons. The van der Waals surface area contributed by atoms with Crippen molar-refractivity contribution in [3.05, 3.63) is 28.6 Å². The van der Waals surface area contributed by atoms with Crippen LogP contribution in [0.15, 0.2) is 23.0 Å². The smallest absolute Gasteiger partial charge is 0.295 e. The number of nitrogens with one attached hydrogen (secondary N) is 1. The maximum absolute atomic E-state index is 12.6. The van der Waals surface area contributed by atoms with Gasteiger partial charge in [-0.3, -0.25) is 4.79 Å². The third-order valence-electron chi connectivity index (χ3n) is 4.33. The summed E-state index contributed by atoms with van der Waals surface area (Å²) in [4.78, 5) is 12.6. The zero-order valence-corrected chi connectivity index (χ0v) is 13.8. The van der Waals surface area contributed by atoms with Gasteiger partial charge in [-0.25, -0.2) is 0 Å². The van der Waals surface area contributed by atoms with Crippen molar-refractivity contribution in [1.29, 1.82) is 0 Å². The predicted octanol–water partition coefficient (Wildman–Crippen LogP) is 2.11. The third kappa shape index (κ3) is 2.74. The van der Waals surface area contributed by atoms with Crippen molar-refractivity contribution in [2.24, 2.45) is 7.05 Å². The fourth-order valence-electron chi connectivity index (χ4n) is 2.97. The average molecular weight is 317 g/mol. The Labute approximate surface area is 135 Å². The number of anilines is 2. The highest BCUT2D eigenvalue weighted by Crippen LogP contribution is 2.36. The second-order valence-corrected chi connectivity index (χ2v) is 6.27. The number of benzene rings is 1. The second-order valence-electron chi connectivity index (χ2n) is 6.27. The molecule has 2 heterocycles. The maximum atomic E-state index is 12.6. The van der Waals surface area contributed by atoms with Crippen LogP contribution < -0.4 is 21.3 Å². The predicted molar refractivity (Wildman–Crippen MR) is 92.2 cm³/mol. The van der Waals surface area contributed by atoms with Gasteiger partial charge in [-0.15, -0.1) is 0 Å². The summed E-state index contributed by atoms with van der Waals surface area (Å²) in [6.45, 7) is 5.71. The Morgan fingerprint density at radius 3 is 3.00 bits per heavy atom. The van der Waals surface area contributed by atoms with Crippen molar-refractivity contribution in [3.8, 4) is 5.75 Å². The van der Waals surface area contributed by atoms with Crippen molar-refractivity contribution in [3.63, 3.8) is 0 Å². The molecule has 0 fully saturated rings. The molecule has 0 spiro atoms. The van der Waals surface area contributed by atoms with Crippen LogP contribution in [-0.4, -0.2) is 29.9 Å². The van der Waals surface area contributed by atoms with Crippen molar-refractivity contribution >= 4 is 22.3 Å². The van der Waals surface area contributed by atoms with Gasteiger partial charge in [0, 0.05) is 31.1 Å². The SMILES string of the molecule is CCOCC1(C)CCOc2c(c3cc(N)ccc3n(C)c2=O)N1. The first-order chi connectivity index (χ1) is 10.9. The number of pyridine rings is 1. The first kappa shape index (κ1) is 15.7. The normalized spacial score (nSPS) is 20.5. The molecule has 0 aliphatic carbocycles. The van der Waals surface area contributed by atoms with E-state index in [0.717, 1.165) is 17.3 Å². The lowest BCUT2D eigenvalue weighted by Gasteiger charge is -2.30. The molecular formula is C17H23N3O3. The first-order valence-corrected chi connectivity index (χ1v) is 7.86. The Morgan fingerprint density at radius 1 is 1.48 bits per heavy atom. The quantitative estimate of drug-likeness (QED) is 0.848. The summed E-state index contributed by atoms with van der Waals surface area (Å²) in [5, 5.41) is 4.37. The summed E-state index contributed by atoms with van der Waals surface area (Å²) in [5.41, 5.74) is 7.68. The van der Waals surface area contributed by atoms with Gasteiger partial charge in [0.15, 0.2) is 0 Å². The number of rotatable bonds is 3. The minimum Gasteiger partial charge on any atom is -0.486 e. The standard InChI is InChI=1S/C17H23N3O3/c1-4-22-10-17(2)7-8-23-15-14(19-17)12-9-11(18)5-6-13(12)20(3)16(15)21/h5-6,9,19H,4,7-8,10,18H2,1-3H3. The number of nitrogens with zero attached hydrogens (tertiary/aromatic N) is 1. The molecule has 3 N–H and O–H groups in total. The molecule has 23 heavy (non-hydrogen) atoms. The highest BCUT2D eigenvalue weighted by atomic mass is 16.5. The summed E-state index contributed by atoms with van der Waals surface area (Å²) < 4.78 is 13.0. The number of hydrogen-bond donors (Lipinski definition) is 2. The Morgan fingerprint density at radius 2 is 2.26 bits per heavy atom. The lowest BCUT2D eigenvalue weighted by atomic mass is 9.98. The molecule has 0 saturated carbocycles. The van der Waals surface area contributed by atoms with E-state index in [0.29, 0.717) is 36.9 Å². The van der Waals surface area contributed by atoms with Gasteiger partial charge in [-0.1, -0.05) is 0 Å². The van der Waals surface area contributed by atoms with E-state index in [9.17, 15) is 4.79 Å². The van der Waals surface area contributed by atoms with Gasteiger partial charge < -0.3 is 25.1 Å². The molecule has 6 nitrogen and oxygen atoms in total. The molecule has 1 aromatic carbocycles. The summed E-state index contributed by atoms with van der Waals surface area (Å²) in [7, 11) is 1.74. The molecule has 1 aliphatic rings. The molecule has 0 bridgehead atoms. The average Bonchev–Trinajstić information content (AvgIpc) is 2.70. The van der Waals surface area contributed by atoms with Crippen LogP contribution >= 0.6 is 0 Å². The Bertz CT molecular complexity index is 800. The molecule has 1 unspecified atom stereocenters. The van der Waals surface area contributed by atoms with Crippen LogP contribution in [0.5, 0.6) is 5.75 Å². The molecule has 124 valence electrons. The number of aryl methyl sites for hydroxylation is 1. The fraction of sp³-hybridized carbons (Fsp3) is 0.471. The molecule has 2 aromatic rings. The van der Waals surface area contributed by atoms with Gasteiger partial charge in [0.2, 0.25) is 5.75 Å². The molecule has 1 atom stereocenters. The number of nitrogen functional groups attached to an aromatic ring is 1. The highest BCUT2D eigenvalue weighted by Gasteiger charge is 2.31. The van der Waals surface area contributed by atoms with Crippen molar-refractivity contribution < 1.29 is 9.47 Å². The van der Waals surface area contributed by atoms with E-state index in [1.165, 1.54) is 0 Å². The zero-order valence-electron chi connectivity index (χ0n) is 13.8. The van der Waals surface area contributed by atoms with Gasteiger partial charge in [-0.05, 0) is 32.0 Å². The molecule has 0 amide bonds. The van der Waals surface area contributed by atoms with Gasteiger partial charge >= 0.3 is 0 Å². The number of hydrogen-bond acceptors (Lipinski definition) is 5. The lowest BCUT2D eigenvalue weighted by Crippen LogP contribution is -2.40. The molecule has 3 rings (SSSR count). The molecule has 1 aromatic heterocycles. The lowest BCUT2D eigenvalue weighted by molar-refractivity contribution is 0.101. The highest BCUT2D eigenvalue weighted by molar-refractivity contribution is 5.96. The van der Waals surface area contributed by atoms with Crippen LogP contribution in [0.3, 0.4) is 0 Å². The number of aromatic nitrogens is 1. The van der Waals surface area contributed by atoms with E-state index in [1.54, 1.807) is 17.7 Å². The maximum Gasteiger partial charge on any atom is 0.295 e. The van der Waals surface area contributed by atoms with E-state index in [2.05, 4.69) is 12.2 Å². The topological polar surface area (TPSA) is 78.5 Å². The van der Waals surface area contributed by atoms with Gasteiger partial charge in [0.05, 0.1) is 30.0 Å². The monoisotopic (exact) mass is 317 g/mol. The number of nitrogens with two attached hydrogens (primary N) is 1. The van der Waals surface area contributed by atoms with E-state index in [4.69, 9.17) is 15.2 Å². The number of ether oxygens (including phenoxy) is 2. The van der Waals surface area contributed by atoms with Crippen molar-refractivity contribution in [1.82, 2.24) is 4.57 Å². The molecule has 6 heteroatoms. The summed E-state index contributed by atoms with van der Waals surface area (Å²) in [6, 6.07) is 5.53. The van der Waals surface area contributed by atoms with Crippen LogP contribution in [0.25, 0.3) is 10.9 Å². The Kier molecular flexibility index (Phi) is 3.93. The van der Waals surface area contributed by atoms with Gasteiger partial charge in [0.1, 0.15) is 0 Å². The molecular weight excluding hydrogens is 294 g/mol. The summed E-state index contributed by atoms with van der Waals surface area (Å²) in [5.74, 6) is 0.353. The van der Waals surface area contributed by atoms with E-state index < -0.39 is 0 Å². The van der Waals surface area contributed by atoms with E-state index in [1.807, 2.05) is 19.1 Å². The van der Waals surface area contributed by atoms with Gasteiger partial charge in [-0.2, -0.15) is 0 Å². The Hall–Kier alpha value is -2.21. The summed E-state index contributed by atoms with van der Waals surface area (Å²) >= 11 is 0. The van der Waals surface area contributed by atoms with Crippen molar-refractivity contribution in [2.45, 2.75) is 25.8 Å². The Balaban J connectivity index is 2.21. The van der Waals surface area contributed by atoms with Crippen LogP contribution in [0.2, 0.25) is 0 Å². The van der Waals surface area contributed by atoms with Gasteiger partial charge in [0.25, 0.3) is 5.56 Å². The minimum atomic E-state index is -0.300. The fourth-order valence-corrected chi connectivity index (χ4v) is 2.97. The van der Waals surface area contributed by atoms with E-state index in [-0.39, 0.29) is 11.1 Å². The largest absolute Gasteiger partial charge is 0.486 e. The van der Waals surface area contributed by atoms with Crippen LogP contribution in [0, 0.1) is 0 Å². The molecule has 0 saturated heterocycles. The molecule has 1 aliphatic heterocycles. The zero-order chi connectivity index (χ0) is 16.6. The van der Waals surface area contributed by atoms with Crippen LogP contribution in [0.4, 0.5) is 11.4 Å². The first-order valence-electron chi connectivity index (χ1n) is 7.86. The van der Waals surface area contributed by atoms with Crippen molar-refractivity contribution in [2.75, 3.05) is 30.9 Å². The minimum absolute atomic E-state index is 0.148. The van der Waals surface area contributed by atoms with Crippen LogP contribution in [0.1, 0.15) is 20.3 Å². The van der Waals surface area contributed by atoms with Crippen LogP contribution in [-0.2, 0) is 11.8 Å².